The number of carbonyl (C=O) groups excluding carboxylic acids is 1. The maximum absolute atomic E-state index is 12.1. The van der Waals surface area contributed by atoms with E-state index in [1.165, 1.54) is 0 Å². The third-order valence-electron chi connectivity index (χ3n) is 4.28. The fourth-order valence-corrected chi connectivity index (χ4v) is 2.92. The van der Waals surface area contributed by atoms with E-state index in [4.69, 9.17) is 19.5 Å². The van der Waals surface area contributed by atoms with Crippen LogP contribution in [0.3, 0.4) is 0 Å². The van der Waals surface area contributed by atoms with Crippen LogP contribution >= 0.6 is 0 Å². The molecule has 1 amide bonds. The molecule has 1 heterocycles. The first-order valence-electron chi connectivity index (χ1n) is 8.97. The highest BCUT2D eigenvalue weighted by molar-refractivity contribution is 5.68. The van der Waals surface area contributed by atoms with Gasteiger partial charge in [-0.05, 0) is 45.6 Å². The van der Waals surface area contributed by atoms with Gasteiger partial charge in [0, 0.05) is 18.7 Å². The van der Waals surface area contributed by atoms with Gasteiger partial charge in [0.2, 0.25) is 0 Å². The summed E-state index contributed by atoms with van der Waals surface area (Å²) in [5.74, 6) is 1.64. The number of rotatable bonds is 5. The Labute approximate surface area is 155 Å². The normalized spacial score (nSPS) is 15.3. The largest absolute Gasteiger partial charge is 0.493 e. The average molecular weight is 360 g/mol. The van der Waals surface area contributed by atoms with Crippen LogP contribution in [0.4, 0.5) is 4.79 Å². The van der Waals surface area contributed by atoms with E-state index in [1.807, 2.05) is 39.0 Å². The molecule has 0 aromatic heterocycles. The van der Waals surface area contributed by atoms with Gasteiger partial charge in [-0.3, -0.25) is 0 Å². The van der Waals surface area contributed by atoms with Crippen molar-refractivity contribution in [1.29, 1.82) is 5.26 Å². The SMILES string of the molecule is COc1cccc(CC#N)c1OCC1CCN(C(=O)OC(C)(C)C)CC1. The molecule has 1 aromatic rings. The number of nitrogens with zero attached hydrogens (tertiary/aromatic N) is 2. The number of likely N-dealkylation sites (tertiary alicyclic amines) is 1. The summed E-state index contributed by atoms with van der Waals surface area (Å²) in [5.41, 5.74) is 0.357. The summed E-state index contributed by atoms with van der Waals surface area (Å²) in [6.07, 6.45) is 1.76. The second-order valence-electron chi connectivity index (χ2n) is 7.51. The van der Waals surface area contributed by atoms with Crippen LogP contribution in [-0.4, -0.2) is 43.4 Å². The number of para-hydroxylation sites is 1. The lowest BCUT2D eigenvalue weighted by Crippen LogP contribution is -2.42. The van der Waals surface area contributed by atoms with Crippen molar-refractivity contribution in [3.63, 3.8) is 0 Å². The van der Waals surface area contributed by atoms with Gasteiger partial charge >= 0.3 is 6.09 Å². The van der Waals surface area contributed by atoms with Gasteiger partial charge in [0.1, 0.15) is 5.60 Å². The van der Waals surface area contributed by atoms with Crippen molar-refractivity contribution in [3.05, 3.63) is 23.8 Å². The molecular weight excluding hydrogens is 332 g/mol. The molecule has 1 aliphatic heterocycles. The lowest BCUT2D eigenvalue weighted by Gasteiger charge is -2.33. The molecule has 0 atom stereocenters. The van der Waals surface area contributed by atoms with Crippen LogP contribution in [0.5, 0.6) is 11.5 Å². The quantitative estimate of drug-likeness (QED) is 0.799. The van der Waals surface area contributed by atoms with Crippen molar-refractivity contribution in [2.75, 3.05) is 26.8 Å². The standard InChI is InChI=1S/C20H28N2O4/c1-20(2,3)26-19(23)22-12-9-15(10-13-22)14-25-18-16(8-11-21)6-5-7-17(18)24-4/h5-7,15H,8-10,12-14H2,1-4H3. The maximum Gasteiger partial charge on any atom is 0.410 e. The van der Waals surface area contributed by atoms with Gasteiger partial charge in [-0.1, -0.05) is 12.1 Å². The summed E-state index contributed by atoms with van der Waals surface area (Å²) in [4.78, 5) is 13.9. The van der Waals surface area contributed by atoms with Gasteiger partial charge in [-0.2, -0.15) is 5.26 Å². The molecule has 1 aromatic carbocycles. The molecule has 2 rings (SSSR count). The van der Waals surface area contributed by atoms with Gasteiger partial charge in [-0.25, -0.2) is 4.79 Å². The monoisotopic (exact) mass is 360 g/mol. The van der Waals surface area contributed by atoms with Crippen LogP contribution in [0.1, 0.15) is 39.2 Å². The minimum Gasteiger partial charge on any atom is -0.493 e. The topological polar surface area (TPSA) is 71.8 Å². The van der Waals surface area contributed by atoms with Crippen LogP contribution in [-0.2, 0) is 11.2 Å². The molecule has 142 valence electrons. The second kappa shape index (κ2) is 8.79. The number of methoxy groups -OCH3 is 1. The first-order chi connectivity index (χ1) is 12.3. The Bertz CT molecular complexity index is 653. The van der Waals surface area contributed by atoms with Crippen molar-refractivity contribution in [3.8, 4) is 17.6 Å². The van der Waals surface area contributed by atoms with E-state index in [-0.39, 0.29) is 12.5 Å². The summed E-state index contributed by atoms with van der Waals surface area (Å²) >= 11 is 0. The molecule has 6 nitrogen and oxygen atoms in total. The van der Waals surface area contributed by atoms with Crippen LogP contribution < -0.4 is 9.47 Å². The minimum atomic E-state index is -0.474. The first-order valence-corrected chi connectivity index (χ1v) is 8.97. The molecule has 6 heteroatoms. The molecule has 0 unspecified atom stereocenters. The lowest BCUT2D eigenvalue weighted by molar-refractivity contribution is 0.0164. The van der Waals surface area contributed by atoms with Crippen molar-refractivity contribution in [2.24, 2.45) is 5.92 Å². The van der Waals surface area contributed by atoms with Crippen LogP contribution in [0.25, 0.3) is 0 Å². The van der Waals surface area contributed by atoms with Crippen molar-refractivity contribution in [1.82, 2.24) is 4.90 Å². The summed E-state index contributed by atoms with van der Waals surface area (Å²) in [6.45, 7) is 7.49. The molecular formula is C20H28N2O4. The Morgan fingerprint density at radius 1 is 1.31 bits per heavy atom. The number of benzene rings is 1. The third kappa shape index (κ3) is 5.55. The Kier molecular flexibility index (Phi) is 6.73. The van der Waals surface area contributed by atoms with Gasteiger partial charge in [0.25, 0.3) is 0 Å². The number of nitriles is 1. The van der Waals surface area contributed by atoms with E-state index >= 15 is 0 Å². The summed E-state index contributed by atoms with van der Waals surface area (Å²) in [5, 5.41) is 8.99. The molecule has 1 saturated heterocycles. The van der Waals surface area contributed by atoms with E-state index < -0.39 is 5.60 Å². The number of hydrogen-bond acceptors (Lipinski definition) is 5. The first kappa shape index (κ1) is 19.9. The predicted molar refractivity (Wildman–Crippen MR) is 98.3 cm³/mol. The predicted octanol–water partition coefficient (Wildman–Crippen LogP) is 3.79. The number of carbonyl (C=O) groups is 1. The highest BCUT2D eigenvalue weighted by Gasteiger charge is 2.27. The van der Waals surface area contributed by atoms with Gasteiger partial charge in [-0.15, -0.1) is 0 Å². The zero-order valence-electron chi connectivity index (χ0n) is 16.1. The number of hydrogen-bond donors (Lipinski definition) is 0. The van der Waals surface area contributed by atoms with E-state index in [0.29, 0.717) is 37.1 Å². The fraction of sp³-hybridized carbons (Fsp3) is 0.600. The Morgan fingerprint density at radius 2 is 2.00 bits per heavy atom. The Morgan fingerprint density at radius 3 is 2.58 bits per heavy atom. The third-order valence-corrected chi connectivity index (χ3v) is 4.28. The molecule has 0 bridgehead atoms. The van der Waals surface area contributed by atoms with Gasteiger partial charge in [0.15, 0.2) is 11.5 Å². The van der Waals surface area contributed by atoms with Crippen molar-refractivity contribution in [2.45, 2.75) is 45.6 Å². The molecule has 1 aliphatic rings. The van der Waals surface area contributed by atoms with E-state index in [2.05, 4.69) is 6.07 Å². The number of ether oxygens (including phenoxy) is 3. The van der Waals surface area contributed by atoms with Crippen molar-refractivity contribution >= 4 is 6.09 Å². The zero-order chi connectivity index (χ0) is 19.2. The lowest BCUT2D eigenvalue weighted by atomic mass is 9.98. The highest BCUT2D eigenvalue weighted by atomic mass is 16.6. The zero-order valence-corrected chi connectivity index (χ0v) is 16.1. The maximum atomic E-state index is 12.1. The molecule has 0 aliphatic carbocycles. The fourth-order valence-electron chi connectivity index (χ4n) is 2.92. The summed E-state index contributed by atoms with van der Waals surface area (Å²) < 4.78 is 16.8. The highest BCUT2D eigenvalue weighted by Crippen LogP contribution is 2.32. The smallest absolute Gasteiger partial charge is 0.410 e. The van der Waals surface area contributed by atoms with Crippen LogP contribution in [0.15, 0.2) is 18.2 Å². The summed E-state index contributed by atoms with van der Waals surface area (Å²) in [7, 11) is 1.59. The molecule has 0 spiro atoms. The second-order valence-corrected chi connectivity index (χ2v) is 7.51. The molecule has 0 saturated carbocycles. The number of amides is 1. The van der Waals surface area contributed by atoms with E-state index in [9.17, 15) is 4.79 Å². The van der Waals surface area contributed by atoms with Gasteiger partial charge in [0.05, 0.1) is 26.2 Å². The molecule has 1 fully saturated rings. The van der Waals surface area contributed by atoms with Gasteiger partial charge < -0.3 is 19.1 Å². The Hall–Kier alpha value is -2.42. The van der Waals surface area contributed by atoms with E-state index in [0.717, 1.165) is 18.4 Å². The molecule has 0 radical (unpaired) electrons. The van der Waals surface area contributed by atoms with Crippen molar-refractivity contribution < 1.29 is 19.0 Å². The average Bonchev–Trinajstić information content (AvgIpc) is 2.59. The minimum absolute atomic E-state index is 0.252. The molecule has 26 heavy (non-hydrogen) atoms. The molecule has 0 N–H and O–H groups in total. The van der Waals surface area contributed by atoms with Crippen LogP contribution in [0.2, 0.25) is 0 Å². The Balaban J connectivity index is 1.89. The summed E-state index contributed by atoms with van der Waals surface area (Å²) in [6, 6.07) is 7.73. The number of piperidine rings is 1. The van der Waals surface area contributed by atoms with E-state index in [1.54, 1.807) is 12.0 Å². The van der Waals surface area contributed by atoms with Crippen LogP contribution in [0, 0.1) is 17.2 Å².